The van der Waals surface area contributed by atoms with Crippen molar-refractivity contribution in [2.45, 2.75) is 158 Å². The van der Waals surface area contributed by atoms with Gasteiger partial charge in [0.15, 0.2) is 34.7 Å². The van der Waals surface area contributed by atoms with Crippen molar-refractivity contribution in [1.82, 2.24) is 0 Å². The number of Topliss-reactive ketones (excluding diaryl/α,β-unsaturated/α-hetero) is 6. The molecule has 15 heteroatoms. The number of nitrogens with two attached hydrogens (primary N) is 6. The summed E-state index contributed by atoms with van der Waals surface area (Å²) < 4.78 is 31.1. The van der Waals surface area contributed by atoms with Gasteiger partial charge in [-0.15, -0.1) is 0 Å². The van der Waals surface area contributed by atoms with Crippen LogP contribution in [-0.2, 0) is 38.6 Å². The molecule has 14 nitrogen and oxygen atoms in total. The highest BCUT2D eigenvalue weighted by Gasteiger charge is 2.48. The first-order chi connectivity index (χ1) is 25.0. The number of hydrogen-bond donors (Lipinski definition) is 6. The molecule has 0 saturated carbocycles. The summed E-state index contributed by atoms with van der Waals surface area (Å²) in [4.78, 5) is 83.9. The van der Waals surface area contributed by atoms with Gasteiger partial charge in [0.2, 0.25) is 9.84 Å². The summed E-state index contributed by atoms with van der Waals surface area (Å²) in [5, 5.41) is 0. The van der Waals surface area contributed by atoms with E-state index in [0.717, 1.165) is 0 Å². The molecule has 316 valence electrons. The number of carbonyl (C=O) groups excluding carboxylic acids is 6. The van der Waals surface area contributed by atoms with E-state index in [4.69, 9.17) is 34.4 Å². The van der Waals surface area contributed by atoms with Crippen molar-refractivity contribution in [2.75, 3.05) is 0 Å². The Morgan fingerprint density at radius 1 is 0.327 bits per heavy atom. The second-order valence-electron chi connectivity index (χ2n) is 17.5. The molecule has 0 fully saturated rings. The molecule has 0 amide bonds. The van der Waals surface area contributed by atoms with Gasteiger partial charge in [-0.3, -0.25) is 28.8 Å². The van der Waals surface area contributed by atoms with Gasteiger partial charge < -0.3 is 34.4 Å². The van der Waals surface area contributed by atoms with Crippen LogP contribution in [0.15, 0.2) is 21.0 Å². The van der Waals surface area contributed by atoms with Gasteiger partial charge in [-0.2, -0.15) is 0 Å². The van der Waals surface area contributed by atoms with Gasteiger partial charge in [0.25, 0.3) is 0 Å². The van der Waals surface area contributed by atoms with Gasteiger partial charge in [-0.25, -0.2) is 8.42 Å². The molecule has 0 aliphatic rings. The monoisotopic (exact) mass is 797 g/mol. The summed E-state index contributed by atoms with van der Waals surface area (Å²) in [5.41, 5.74) is 35.6. The number of rotatable bonds is 26. The minimum atomic E-state index is -5.86. The average molecular weight is 797 g/mol. The fourth-order valence-electron chi connectivity index (χ4n) is 6.34. The lowest BCUT2D eigenvalue weighted by Gasteiger charge is -2.26. The van der Waals surface area contributed by atoms with Crippen LogP contribution in [0.2, 0.25) is 0 Å². The lowest BCUT2D eigenvalue weighted by Crippen LogP contribution is -2.47. The van der Waals surface area contributed by atoms with E-state index in [1.165, 1.54) is 0 Å². The van der Waals surface area contributed by atoms with E-state index in [1.54, 1.807) is 83.1 Å². The van der Waals surface area contributed by atoms with Crippen molar-refractivity contribution < 1.29 is 37.2 Å². The second-order valence-corrected chi connectivity index (χ2v) is 19.3. The normalized spacial score (nSPS) is 15.6. The fraction of sp³-hybridized carbons (Fsp3) is 0.750. The molecule has 0 aromatic rings. The lowest BCUT2D eigenvalue weighted by molar-refractivity contribution is -0.125. The van der Waals surface area contributed by atoms with Crippen molar-refractivity contribution >= 4 is 44.5 Å². The summed E-state index contributed by atoms with van der Waals surface area (Å²) >= 11 is 0. The number of hydrogen-bond acceptors (Lipinski definition) is 14. The average Bonchev–Trinajstić information content (AvgIpc) is 3.01. The van der Waals surface area contributed by atoms with Crippen LogP contribution >= 0.6 is 0 Å². The minimum Gasteiger partial charge on any atom is -0.321 e. The van der Waals surface area contributed by atoms with E-state index in [-0.39, 0.29) is 74.0 Å². The Balaban J connectivity index is 9.36. The predicted octanol–water partition coefficient (Wildman–Crippen LogP) is 2.56. The Morgan fingerprint density at radius 2 is 0.473 bits per heavy atom. The first kappa shape index (κ1) is 52.2. The smallest absolute Gasteiger partial charge is 0.215 e. The van der Waals surface area contributed by atoms with E-state index < -0.39 is 102 Å². The van der Waals surface area contributed by atoms with Gasteiger partial charge in [0.05, 0.1) is 47.4 Å². The summed E-state index contributed by atoms with van der Waals surface area (Å²) in [6, 6.07) is -9.28. The third-order valence-electron chi connectivity index (χ3n) is 8.80. The first-order valence-electron chi connectivity index (χ1n) is 19.5. The van der Waals surface area contributed by atoms with Crippen molar-refractivity contribution in [3.8, 4) is 0 Å². The predicted molar refractivity (Wildman–Crippen MR) is 218 cm³/mol. The van der Waals surface area contributed by atoms with Crippen LogP contribution in [0.25, 0.3) is 0 Å². The Kier molecular flexibility index (Phi) is 21.7. The molecule has 0 aromatic carbocycles. The van der Waals surface area contributed by atoms with E-state index >= 15 is 8.42 Å². The van der Waals surface area contributed by atoms with Crippen molar-refractivity contribution in [3.63, 3.8) is 0 Å². The molecular weight excluding hydrogens is 725 g/mol. The maximum absolute atomic E-state index is 15.5. The molecule has 0 aromatic heterocycles. The highest BCUT2D eigenvalue weighted by molar-refractivity contribution is 8.01. The molecule has 0 bridgehead atoms. The summed E-state index contributed by atoms with van der Waals surface area (Å²) in [5.74, 6) is -9.21. The van der Waals surface area contributed by atoms with Crippen LogP contribution in [0.5, 0.6) is 0 Å². The molecule has 0 rings (SSSR count). The molecule has 0 heterocycles. The molecule has 55 heavy (non-hydrogen) atoms. The van der Waals surface area contributed by atoms with Crippen LogP contribution in [0.1, 0.15) is 122 Å². The highest BCUT2D eigenvalue weighted by atomic mass is 32.2. The Bertz CT molecular complexity index is 1390. The van der Waals surface area contributed by atoms with E-state index in [2.05, 4.69) is 0 Å². The van der Waals surface area contributed by atoms with Gasteiger partial charge in [-0.05, 0) is 74.0 Å². The molecule has 6 atom stereocenters. The topological polar surface area (TPSA) is 293 Å². The molecule has 0 aliphatic heterocycles. The molecule has 0 saturated heterocycles. The summed E-state index contributed by atoms with van der Waals surface area (Å²) in [7, 11) is -5.86. The third kappa shape index (κ3) is 15.6. The zero-order valence-corrected chi connectivity index (χ0v) is 36.1. The zero-order chi connectivity index (χ0) is 43.4. The molecular formula is C40H72N6O8S. The number of sulfone groups is 1. The second kappa shape index (κ2) is 22.8. The Morgan fingerprint density at radius 3 is 0.618 bits per heavy atom. The van der Waals surface area contributed by atoms with Crippen LogP contribution in [-0.4, -0.2) is 79.4 Å². The van der Waals surface area contributed by atoms with Crippen LogP contribution in [0.4, 0.5) is 0 Å². The number of ketones is 6. The van der Waals surface area contributed by atoms with E-state index in [1.807, 2.05) is 0 Å². The Hall–Kier alpha value is -2.79. The van der Waals surface area contributed by atoms with Crippen LogP contribution in [0.3, 0.4) is 0 Å². The molecule has 0 radical (unpaired) electrons. The van der Waals surface area contributed by atoms with E-state index in [0.29, 0.717) is 0 Å². The zero-order valence-electron chi connectivity index (χ0n) is 35.3. The van der Waals surface area contributed by atoms with Crippen molar-refractivity contribution in [2.24, 2.45) is 69.9 Å². The molecule has 0 spiro atoms. The summed E-state index contributed by atoms with van der Waals surface area (Å²) in [6.45, 7) is 20.8. The maximum Gasteiger partial charge on any atom is 0.215 e. The first-order valence-corrected chi connectivity index (χ1v) is 21.0. The van der Waals surface area contributed by atoms with Crippen LogP contribution < -0.4 is 34.4 Å². The standard InChI is InChI=1S/C40H72N6O8S/c1-19(2)13-25(41)33(47)31(34(48)26(42)14-20(3)4)39(37(51)29(45)17-23(9)10)55(53,54)40(38(52)30(46)18-24(11)12)32(35(49)27(43)15-21(5)6)36(50)28(44)16-22(7)8/h19-30H,13-18,41-46H2,1-12H3/t25-,26-,27-,28-,29-,30-/m0/s1. The number of carbonyl (C=O) groups is 6. The lowest BCUT2D eigenvalue weighted by atomic mass is 9.88. The largest absolute Gasteiger partial charge is 0.321 e. The molecule has 12 N–H and O–H groups in total. The Labute approximate surface area is 329 Å². The van der Waals surface area contributed by atoms with Gasteiger partial charge in [-0.1, -0.05) is 83.1 Å². The van der Waals surface area contributed by atoms with Crippen molar-refractivity contribution in [3.05, 3.63) is 21.0 Å². The SMILES string of the molecule is CC(C)C[C@H](N)C(=O)C(C(=O)[C@@H](N)CC(C)C)=C(C(=O)[C@@H](N)CC(C)C)S(=O)(=O)C(C(=O)[C@@H](N)CC(C)C)=C(C(=O)[C@@H](N)CC(C)C)C(=O)[C@@H](N)CC(C)C. The maximum atomic E-state index is 15.5. The highest BCUT2D eigenvalue weighted by Crippen LogP contribution is 2.33. The van der Waals surface area contributed by atoms with Gasteiger partial charge >= 0.3 is 0 Å². The molecule has 0 aliphatic carbocycles. The molecule has 0 unspecified atom stereocenters. The fourth-order valence-corrected chi connectivity index (χ4v) is 8.32. The third-order valence-corrected chi connectivity index (χ3v) is 10.7. The van der Waals surface area contributed by atoms with Gasteiger partial charge in [0, 0.05) is 0 Å². The summed E-state index contributed by atoms with van der Waals surface area (Å²) in [6.07, 6.45) is -0.380. The minimum absolute atomic E-state index is 0.0359. The van der Waals surface area contributed by atoms with Crippen LogP contribution in [0, 0.1) is 35.5 Å². The van der Waals surface area contributed by atoms with E-state index in [9.17, 15) is 28.8 Å². The quantitative estimate of drug-likeness (QED) is 0.0417. The van der Waals surface area contributed by atoms with Crippen molar-refractivity contribution in [1.29, 1.82) is 0 Å². The van der Waals surface area contributed by atoms with Gasteiger partial charge in [0.1, 0.15) is 9.81 Å².